The number of nitrogens with one attached hydrogen (secondary N) is 2. The summed E-state index contributed by atoms with van der Waals surface area (Å²) in [6.45, 7) is 5.91. The Kier molecular flexibility index (Phi) is 6.02. The molecular formula is C25H28N8O4S. The molecule has 1 aliphatic rings. The highest BCUT2D eigenvalue weighted by Crippen LogP contribution is 2.33. The molecular weight excluding hydrogens is 508 g/mol. The number of rotatable bonds is 6. The van der Waals surface area contributed by atoms with Crippen LogP contribution in [-0.4, -0.2) is 85.2 Å². The number of aromatic amines is 1. The summed E-state index contributed by atoms with van der Waals surface area (Å²) in [6.07, 6.45) is 7.08. The summed E-state index contributed by atoms with van der Waals surface area (Å²) in [7, 11) is 3.50. The number of morpholine rings is 1. The van der Waals surface area contributed by atoms with E-state index in [4.69, 9.17) is 9.47 Å². The second-order valence-corrected chi connectivity index (χ2v) is 11.2. The number of ether oxygens (including phenoxy) is 2. The molecule has 0 aliphatic carbocycles. The first-order valence-corrected chi connectivity index (χ1v) is 13.0. The maximum atomic E-state index is 13.1. The molecule has 0 radical (unpaired) electrons. The maximum absolute atomic E-state index is 13.1. The quantitative estimate of drug-likeness (QED) is 0.338. The summed E-state index contributed by atoms with van der Waals surface area (Å²) in [5.41, 5.74) is 2.41. The zero-order valence-electron chi connectivity index (χ0n) is 21.5. The van der Waals surface area contributed by atoms with Gasteiger partial charge in [-0.1, -0.05) is 0 Å². The standard InChI is InChI=1S/C25H28N8O4S/c1-25(2)13-32(9-16(37-25)12-36-4)11-19(34)28-15-5-17-21(26-7-15)22-20(23(35)29-17)24-33(30-22)10-18(38-24)14-6-27-31(3)8-14/h5-8,10,16H,9,11-13H2,1-4H3,(H,28,34)(H,29,35). The van der Waals surface area contributed by atoms with Gasteiger partial charge in [-0.25, -0.2) is 4.52 Å². The van der Waals surface area contributed by atoms with E-state index in [1.54, 1.807) is 34.8 Å². The number of nitrogens with zero attached hydrogens (tertiary/aromatic N) is 6. The van der Waals surface area contributed by atoms with Crippen molar-refractivity contribution in [3.63, 3.8) is 0 Å². The van der Waals surface area contributed by atoms with Crippen molar-refractivity contribution in [3.8, 4) is 10.4 Å². The van der Waals surface area contributed by atoms with Gasteiger partial charge >= 0.3 is 0 Å². The Morgan fingerprint density at radius 3 is 2.92 bits per heavy atom. The Labute approximate surface area is 221 Å². The second-order valence-electron chi connectivity index (χ2n) is 10.2. The number of amides is 1. The molecule has 12 nitrogen and oxygen atoms in total. The summed E-state index contributed by atoms with van der Waals surface area (Å²) in [5.74, 6) is -0.172. The van der Waals surface area contributed by atoms with Crippen molar-refractivity contribution in [1.82, 2.24) is 34.3 Å². The van der Waals surface area contributed by atoms with Crippen LogP contribution in [-0.2, 0) is 21.3 Å². The normalized spacial score (nSPS) is 18.1. The molecule has 0 bridgehead atoms. The van der Waals surface area contributed by atoms with Gasteiger partial charge in [-0.15, -0.1) is 11.3 Å². The van der Waals surface area contributed by atoms with Crippen LogP contribution in [0.4, 0.5) is 5.69 Å². The fraction of sp³-hybridized carbons (Fsp3) is 0.400. The minimum atomic E-state index is -0.381. The van der Waals surface area contributed by atoms with E-state index in [0.717, 1.165) is 15.3 Å². The van der Waals surface area contributed by atoms with Crippen LogP contribution in [0.5, 0.6) is 0 Å². The van der Waals surface area contributed by atoms with E-state index in [2.05, 4.69) is 30.4 Å². The third-order valence-electron chi connectivity index (χ3n) is 6.44. The van der Waals surface area contributed by atoms with Crippen LogP contribution in [0, 0.1) is 0 Å². The lowest BCUT2D eigenvalue weighted by molar-refractivity contribution is -0.154. The predicted octanol–water partition coefficient (Wildman–Crippen LogP) is 2.25. The van der Waals surface area contributed by atoms with Crippen LogP contribution in [0.15, 0.2) is 35.6 Å². The number of fused-ring (bicyclic) bond motifs is 5. The topological polar surface area (TPSA) is 132 Å². The van der Waals surface area contributed by atoms with Crippen molar-refractivity contribution in [2.75, 3.05) is 38.7 Å². The first kappa shape index (κ1) is 24.7. The van der Waals surface area contributed by atoms with Gasteiger partial charge in [-0.05, 0) is 19.9 Å². The molecule has 38 heavy (non-hydrogen) atoms. The fourth-order valence-electron chi connectivity index (χ4n) is 5.11. The highest BCUT2D eigenvalue weighted by molar-refractivity contribution is 7.21. The van der Waals surface area contributed by atoms with E-state index < -0.39 is 0 Å². The Hall–Kier alpha value is -3.65. The van der Waals surface area contributed by atoms with Gasteiger partial charge in [-0.2, -0.15) is 10.2 Å². The number of hydrogen-bond donors (Lipinski definition) is 2. The molecule has 5 aromatic rings. The van der Waals surface area contributed by atoms with Gasteiger partial charge in [0.25, 0.3) is 5.56 Å². The lowest BCUT2D eigenvalue weighted by Crippen LogP contribution is -2.55. The molecule has 5 aromatic heterocycles. The molecule has 198 valence electrons. The monoisotopic (exact) mass is 536 g/mol. The van der Waals surface area contributed by atoms with Gasteiger partial charge in [0.15, 0.2) is 0 Å². The second kappa shape index (κ2) is 9.27. The van der Waals surface area contributed by atoms with Crippen molar-refractivity contribution in [3.05, 3.63) is 41.2 Å². The first-order chi connectivity index (χ1) is 18.2. The van der Waals surface area contributed by atoms with E-state index in [0.29, 0.717) is 47.3 Å². The average Bonchev–Trinajstić information content (AvgIpc) is 3.52. The Bertz CT molecular complexity index is 1730. The van der Waals surface area contributed by atoms with E-state index in [1.165, 1.54) is 11.3 Å². The summed E-state index contributed by atoms with van der Waals surface area (Å²) in [4.78, 5) is 37.2. The van der Waals surface area contributed by atoms with E-state index in [-0.39, 0.29) is 29.7 Å². The van der Waals surface area contributed by atoms with E-state index in [1.807, 2.05) is 33.3 Å². The van der Waals surface area contributed by atoms with Crippen LogP contribution < -0.4 is 10.9 Å². The zero-order chi connectivity index (χ0) is 26.6. The van der Waals surface area contributed by atoms with Crippen molar-refractivity contribution in [1.29, 1.82) is 0 Å². The van der Waals surface area contributed by atoms with Gasteiger partial charge < -0.3 is 19.8 Å². The fourth-order valence-corrected chi connectivity index (χ4v) is 6.18. The van der Waals surface area contributed by atoms with Crippen molar-refractivity contribution in [2.45, 2.75) is 25.6 Å². The minimum absolute atomic E-state index is 0.101. The number of methoxy groups -OCH3 is 1. The molecule has 1 atom stereocenters. The van der Waals surface area contributed by atoms with Gasteiger partial charge in [-0.3, -0.25) is 24.2 Å². The Morgan fingerprint density at radius 2 is 2.16 bits per heavy atom. The van der Waals surface area contributed by atoms with Crippen LogP contribution in [0.1, 0.15) is 13.8 Å². The number of aryl methyl sites for hydroxylation is 1. The molecule has 1 aliphatic heterocycles. The lowest BCUT2D eigenvalue weighted by Gasteiger charge is -2.42. The average molecular weight is 537 g/mol. The molecule has 6 rings (SSSR count). The number of pyridine rings is 2. The molecule has 1 saturated heterocycles. The van der Waals surface area contributed by atoms with E-state index >= 15 is 0 Å². The van der Waals surface area contributed by atoms with Gasteiger partial charge in [0, 0.05) is 45.2 Å². The lowest BCUT2D eigenvalue weighted by atomic mass is 10.1. The van der Waals surface area contributed by atoms with Gasteiger partial charge in [0.05, 0.1) is 53.3 Å². The third-order valence-corrected chi connectivity index (χ3v) is 7.59. The Balaban J connectivity index is 1.25. The van der Waals surface area contributed by atoms with Crippen LogP contribution in [0.25, 0.3) is 37.2 Å². The number of hydrogen-bond acceptors (Lipinski definition) is 9. The smallest absolute Gasteiger partial charge is 0.261 e. The first-order valence-electron chi connectivity index (χ1n) is 12.2. The molecule has 2 N–H and O–H groups in total. The molecule has 1 unspecified atom stereocenters. The van der Waals surface area contributed by atoms with E-state index in [9.17, 15) is 9.59 Å². The maximum Gasteiger partial charge on any atom is 0.261 e. The SMILES string of the molecule is COCC1CN(CC(=O)Nc2cnc3c(c2)[nH]c(=O)c2c3nn3cc(-c4cnn(C)c4)sc23)CC(C)(C)O1. The van der Waals surface area contributed by atoms with Gasteiger partial charge in [0.1, 0.15) is 21.3 Å². The van der Waals surface area contributed by atoms with Crippen LogP contribution in [0.3, 0.4) is 0 Å². The summed E-state index contributed by atoms with van der Waals surface area (Å²) in [6, 6.07) is 1.71. The molecule has 13 heteroatoms. The number of aromatic nitrogens is 6. The summed E-state index contributed by atoms with van der Waals surface area (Å²) < 4.78 is 14.7. The van der Waals surface area contributed by atoms with Crippen molar-refractivity contribution in [2.24, 2.45) is 7.05 Å². The molecule has 0 spiro atoms. The molecule has 0 aromatic carbocycles. The predicted molar refractivity (Wildman–Crippen MR) is 145 cm³/mol. The highest BCUT2D eigenvalue weighted by atomic mass is 32.1. The number of H-pyrrole nitrogens is 1. The summed E-state index contributed by atoms with van der Waals surface area (Å²) in [5, 5.41) is 12.3. The molecule has 1 amide bonds. The minimum Gasteiger partial charge on any atom is -0.382 e. The van der Waals surface area contributed by atoms with Crippen LogP contribution >= 0.6 is 11.3 Å². The van der Waals surface area contributed by atoms with Crippen molar-refractivity contribution >= 4 is 49.7 Å². The highest BCUT2D eigenvalue weighted by Gasteiger charge is 2.34. The Morgan fingerprint density at radius 1 is 1.32 bits per heavy atom. The molecule has 0 saturated carbocycles. The zero-order valence-corrected chi connectivity index (χ0v) is 22.3. The summed E-state index contributed by atoms with van der Waals surface area (Å²) >= 11 is 1.47. The molecule has 1 fully saturated rings. The number of carbonyl (C=O) groups excluding carboxylic acids is 1. The molecule has 6 heterocycles. The van der Waals surface area contributed by atoms with Gasteiger partial charge in [0.2, 0.25) is 5.91 Å². The number of anilines is 1. The third kappa shape index (κ3) is 4.58. The van der Waals surface area contributed by atoms with Crippen LogP contribution in [0.2, 0.25) is 0 Å². The largest absolute Gasteiger partial charge is 0.382 e. The van der Waals surface area contributed by atoms with Crippen molar-refractivity contribution < 1.29 is 14.3 Å². The number of thiazole rings is 1. The number of carbonyl (C=O) groups is 1.